The smallest absolute Gasteiger partial charge is 0.0701 e. The molecule has 1 aromatic carbocycles. The standard InChI is InChI=1S/C16H18BrNS/c17-16-7-6-15(19-16)8-9-18-11-12-4-5-13-2-1-3-14(13)10-12/h4-7,10,18H,1-3,8-9,11H2. The maximum absolute atomic E-state index is 3.54. The van der Waals surface area contributed by atoms with Gasteiger partial charge in [0.2, 0.25) is 0 Å². The minimum Gasteiger partial charge on any atom is -0.312 e. The highest BCUT2D eigenvalue weighted by Crippen LogP contribution is 2.23. The van der Waals surface area contributed by atoms with E-state index in [1.165, 1.54) is 33.5 Å². The number of thiophene rings is 1. The normalized spacial score (nSPS) is 13.7. The number of hydrogen-bond acceptors (Lipinski definition) is 2. The lowest BCUT2D eigenvalue weighted by molar-refractivity contribution is 0.690. The Hall–Kier alpha value is -0.640. The minimum absolute atomic E-state index is 0.986. The van der Waals surface area contributed by atoms with E-state index < -0.39 is 0 Å². The lowest BCUT2D eigenvalue weighted by Gasteiger charge is -2.06. The van der Waals surface area contributed by atoms with E-state index in [4.69, 9.17) is 0 Å². The molecule has 0 saturated heterocycles. The number of rotatable bonds is 5. The van der Waals surface area contributed by atoms with Crippen LogP contribution in [0.2, 0.25) is 0 Å². The van der Waals surface area contributed by atoms with E-state index in [0.717, 1.165) is 19.5 Å². The molecule has 1 N–H and O–H groups in total. The van der Waals surface area contributed by atoms with Crippen LogP contribution in [0.1, 0.15) is 28.0 Å². The van der Waals surface area contributed by atoms with Crippen molar-refractivity contribution in [3.63, 3.8) is 0 Å². The van der Waals surface area contributed by atoms with Gasteiger partial charge < -0.3 is 5.32 Å². The summed E-state index contributed by atoms with van der Waals surface area (Å²) in [5.41, 5.74) is 4.56. The molecule has 1 nitrogen and oxygen atoms in total. The molecule has 0 atom stereocenters. The van der Waals surface area contributed by atoms with Crippen molar-refractivity contribution in [1.29, 1.82) is 0 Å². The molecule has 1 aliphatic rings. The molecule has 0 bridgehead atoms. The summed E-state index contributed by atoms with van der Waals surface area (Å²) in [4.78, 5) is 1.44. The molecule has 100 valence electrons. The molecule has 0 amide bonds. The van der Waals surface area contributed by atoms with Gasteiger partial charge in [0.25, 0.3) is 0 Å². The third kappa shape index (κ3) is 3.47. The first-order valence-corrected chi connectivity index (χ1v) is 8.48. The Bertz CT molecular complexity index is 562. The van der Waals surface area contributed by atoms with Gasteiger partial charge in [-0.2, -0.15) is 0 Å². The number of halogens is 1. The van der Waals surface area contributed by atoms with Crippen LogP contribution in [0, 0.1) is 0 Å². The second kappa shape index (κ2) is 6.21. The summed E-state index contributed by atoms with van der Waals surface area (Å²) in [7, 11) is 0. The van der Waals surface area contributed by atoms with Crippen LogP contribution in [0.3, 0.4) is 0 Å². The van der Waals surface area contributed by atoms with Crippen molar-refractivity contribution < 1.29 is 0 Å². The third-order valence-corrected chi connectivity index (χ3v) is 5.35. The average Bonchev–Trinajstić information content (AvgIpc) is 3.03. The van der Waals surface area contributed by atoms with Crippen molar-refractivity contribution >= 4 is 27.3 Å². The molecule has 1 aromatic heterocycles. The van der Waals surface area contributed by atoms with Gasteiger partial charge in [0.05, 0.1) is 3.79 Å². The summed E-state index contributed by atoms with van der Waals surface area (Å²) in [5, 5.41) is 3.54. The van der Waals surface area contributed by atoms with Crippen LogP contribution in [0.25, 0.3) is 0 Å². The number of fused-ring (bicyclic) bond motifs is 1. The van der Waals surface area contributed by atoms with Gasteiger partial charge in [0.1, 0.15) is 0 Å². The fourth-order valence-corrected chi connectivity index (χ4v) is 4.15. The fourth-order valence-electron chi connectivity index (χ4n) is 2.67. The highest BCUT2D eigenvalue weighted by Gasteiger charge is 2.10. The van der Waals surface area contributed by atoms with Gasteiger partial charge in [-0.05, 0) is 70.4 Å². The van der Waals surface area contributed by atoms with Crippen LogP contribution < -0.4 is 5.32 Å². The monoisotopic (exact) mass is 335 g/mol. The lowest BCUT2D eigenvalue weighted by Crippen LogP contribution is -2.16. The Morgan fingerprint density at radius 2 is 2.00 bits per heavy atom. The van der Waals surface area contributed by atoms with Crippen molar-refractivity contribution in [3.8, 4) is 0 Å². The first-order valence-electron chi connectivity index (χ1n) is 6.87. The van der Waals surface area contributed by atoms with Crippen LogP contribution in [-0.2, 0) is 25.8 Å². The molecule has 0 spiro atoms. The zero-order valence-corrected chi connectivity index (χ0v) is 13.3. The van der Waals surface area contributed by atoms with Crippen LogP contribution >= 0.6 is 27.3 Å². The van der Waals surface area contributed by atoms with E-state index in [2.05, 4.69) is 51.6 Å². The Kier molecular flexibility index (Phi) is 4.36. The summed E-state index contributed by atoms with van der Waals surface area (Å²) in [5.74, 6) is 0. The molecule has 3 heteroatoms. The predicted octanol–water partition coefficient (Wildman–Crippen LogP) is 4.33. The summed E-state index contributed by atoms with van der Waals surface area (Å²) < 4.78 is 1.22. The maximum Gasteiger partial charge on any atom is 0.0701 e. The van der Waals surface area contributed by atoms with Gasteiger partial charge in [-0.1, -0.05) is 18.2 Å². The number of hydrogen-bond donors (Lipinski definition) is 1. The average molecular weight is 336 g/mol. The molecule has 0 fully saturated rings. The van der Waals surface area contributed by atoms with Crippen molar-refractivity contribution in [2.75, 3.05) is 6.54 Å². The Balaban J connectivity index is 1.47. The summed E-state index contributed by atoms with van der Waals surface area (Å²) in [6, 6.07) is 11.3. The Labute approximate surface area is 127 Å². The SMILES string of the molecule is Brc1ccc(CCNCc2ccc3c(c2)CCC3)s1. The predicted molar refractivity (Wildman–Crippen MR) is 85.9 cm³/mol. The fraction of sp³-hybridized carbons (Fsp3) is 0.375. The van der Waals surface area contributed by atoms with E-state index in [1.54, 1.807) is 11.1 Å². The number of nitrogens with one attached hydrogen (secondary N) is 1. The number of benzene rings is 1. The summed E-state index contributed by atoms with van der Waals surface area (Å²) >= 11 is 5.33. The second-order valence-corrected chi connectivity index (χ2v) is 7.64. The molecular weight excluding hydrogens is 318 g/mol. The molecule has 3 rings (SSSR count). The molecule has 19 heavy (non-hydrogen) atoms. The maximum atomic E-state index is 3.54. The van der Waals surface area contributed by atoms with Gasteiger partial charge in [0, 0.05) is 18.0 Å². The molecular formula is C16H18BrNS. The highest BCUT2D eigenvalue weighted by molar-refractivity contribution is 9.11. The van der Waals surface area contributed by atoms with Gasteiger partial charge in [-0.15, -0.1) is 11.3 Å². The quantitative estimate of drug-likeness (QED) is 0.802. The first kappa shape index (κ1) is 13.3. The topological polar surface area (TPSA) is 12.0 Å². The van der Waals surface area contributed by atoms with E-state index >= 15 is 0 Å². The van der Waals surface area contributed by atoms with Gasteiger partial charge >= 0.3 is 0 Å². The molecule has 1 heterocycles. The van der Waals surface area contributed by atoms with Gasteiger partial charge in [-0.3, -0.25) is 0 Å². The van der Waals surface area contributed by atoms with Crippen LogP contribution in [-0.4, -0.2) is 6.54 Å². The highest BCUT2D eigenvalue weighted by atomic mass is 79.9. The second-order valence-electron chi connectivity index (χ2n) is 5.09. The molecule has 0 radical (unpaired) electrons. The Morgan fingerprint density at radius 3 is 2.84 bits per heavy atom. The van der Waals surface area contributed by atoms with Crippen molar-refractivity contribution in [2.45, 2.75) is 32.2 Å². The van der Waals surface area contributed by atoms with Crippen LogP contribution in [0.5, 0.6) is 0 Å². The summed E-state index contributed by atoms with van der Waals surface area (Å²) in [6.45, 7) is 2.03. The first-order chi connectivity index (χ1) is 9.31. The molecule has 0 saturated carbocycles. The molecule has 0 unspecified atom stereocenters. The van der Waals surface area contributed by atoms with Crippen molar-refractivity contribution in [1.82, 2.24) is 5.32 Å². The Morgan fingerprint density at radius 1 is 1.11 bits per heavy atom. The van der Waals surface area contributed by atoms with Crippen LogP contribution in [0.15, 0.2) is 34.1 Å². The van der Waals surface area contributed by atoms with Gasteiger partial charge in [0.15, 0.2) is 0 Å². The van der Waals surface area contributed by atoms with Crippen molar-refractivity contribution in [3.05, 3.63) is 55.7 Å². The molecule has 1 aliphatic carbocycles. The summed E-state index contributed by atoms with van der Waals surface area (Å²) in [6.07, 6.45) is 4.99. The van der Waals surface area contributed by atoms with Crippen LogP contribution in [0.4, 0.5) is 0 Å². The zero-order chi connectivity index (χ0) is 13.1. The van der Waals surface area contributed by atoms with Gasteiger partial charge in [-0.25, -0.2) is 0 Å². The van der Waals surface area contributed by atoms with E-state index in [-0.39, 0.29) is 0 Å². The van der Waals surface area contributed by atoms with E-state index in [0.29, 0.717) is 0 Å². The third-order valence-electron chi connectivity index (χ3n) is 3.67. The van der Waals surface area contributed by atoms with E-state index in [1.807, 2.05) is 11.3 Å². The number of aryl methyl sites for hydroxylation is 2. The molecule has 0 aliphatic heterocycles. The minimum atomic E-state index is 0.986. The van der Waals surface area contributed by atoms with Crippen molar-refractivity contribution in [2.24, 2.45) is 0 Å². The zero-order valence-electron chi connectivity index (χ0n) is 10.9. The largest absolute Gasteiger partial charge is 0.312 e. The van der Waals surface area contributed by atoms with E-state index in [9.17, 15) is 0 Å². The molecule has 2 aromatic rings. The lowest BCUT2D eigenvalue weighted by atomic mass is 10.1.